The van der Waals surface area contributed by atoms with Gasteiger partial charge in [-0.1, -0.05) is 43.4 Å². The molecule has 2 aromatic rings. The number of ketones is 1. The van der Waals surface area contributed by atoms with Crippen LogP contribution >= 0.6 is 0 Å². The molecule has 8 nitrogen and oxygen atoms in total. The number of nitrogens with one attached hydrogen (secondary N) is 1. The number of Topliss-reactive ketones (excluding diaryl/α,β-unsaturated/α-hetero) is 1. The largest absolute Gasteiger partial charge is 0.506 e. The molecule has 2 aromatic carbocycles. The van der Waals surface area contributed by atoms with Gasteiger partial charge < -0.3 is 15.3 Å². The predicted molar refractivity (Wildman–Crippen MR) is 185 cm³/mol. The Labute approximate surface area is 273 Å². The van der Waals surface area contributed by atoms with Gasteiger partial charge in [0.1, 0.15) is 5.76 Å². The first-order valence-corrected chi connectivity index (χ1v) is 16.7. The number of hydrazone groups is 1. The maximum Gasteiger partial charge on any atom is 0.277 e. The Morgan fingerprint density at radius 1 is 0.978 bits per heavy atom. The molecule has 2 N–H and O–H groups in total. The lowest BCUT2D eigenvalue weighted by molar-refractivity contribution is -0.130. The number of carbonyl (C=O) groups excluding carboxylic acids is 3. The Morgan fingerprint density at radius 2 is 1.61 bits per heavy atom. The van der Waals surface area contributed by atoms with Crippen LogP contribution in [0.15, 0.2) is 52.3 Å². The van der Waals surface area contributed by atoms with Gasteiger partial charge >= 0.3 is 0 Å². The lowest BCUT2D eigenvalue weighted by atomic mass is 9.78. The zero-order chi connectivity index (χ0) is 33.5. The summed E-state index contributed by atoms with van der Waals surface area (Å²) in [5.74, 6) is -0.712. The molecular weight excluding hydrogens is 576 g/mol. The second-order valence-electron chi connectivity index (χ2n) is 14.0. The third-order valence-corrected chi connectivity index (χ3v) is 9.55. The van der Waals surface area contributed by atoms with E-state index < -0.39 is 11.3 Å². The highest BCUT2D eigenvalue weighted by molar-refractivity contribution is 6.44. The Balaban J connectivity index is 1.58. The van der Waals surface area contributed by atoms with Crippen molar-refractivity contribution in [2.75, 3.05) is 23.3 Å². The van der Waals surface area contributed by atoms with E-state index in [0.29, 0.717) is 34.9 Å². The molecule has 1 fully saturated rings. The minimum atomic E-state index is -0.586. The zero-order valence-electron chi connectivity index (χ0n) is 28.6. The zero-order valence-corrected chi connectivity index (χ0v) is 28.6. The fourth-order valence-electron chi connectivity index (χ4n) is 7.21. The van der Waals surface area contributed by atoms with Gasteiger partial charge in [-0.2, -0.15) is 5.10 Å². The monoisotopic (exact) mass is 624 g/mol. The molecule has 1 saturated carbocycles. The summed E-state index contributed by atoms with van der Waals surface area (Å²) < 4.78 is 0. The van der Waals surface area contributed by atoms with Crippen molar-refractivity contribution in [3.8, 4) is 0 Å². The van der Waals surface area contributed by atoms with Crippen LogP contribution in [0, 0.1) is 26.7 Å². The molecule has 0 radical (unpaired) electrons. The van der Waals surface area contributed by atoms with E-state index in [1.807, 2.05) is 65.8 Å². The molecule has 8 heteroatoms. The number of anilines is 2. The van der Waals surface area contributed by atoms with E-state index >= 15 is 0 Å². The highest BCUT2D eigenvalue weighted by atomic mass is 16.3. The van der Waals surface area contributed by atoms with Crippen LogP contribution in [0.4, 0.5) is 11.4 Å². The van der Waals surface area contributed by atoms with E-state index in [1.165, 1.54) is 30.7 Å². The third kappa shape index (κ3) is 6.14. The summed E-state index contributed by atoms with van der Waals surface area (Å²) >= 11 is 0. The van der Waals surface area contributed by atoms with Gasteiger partial charge in [0.05, 0.1) is 33.7 Å². The number of aliphatic hydroxyl groups is 1. The number of aliphatic hydroxyl groups excluding tert-OH is 1. The summed E-state index contributed by atoms with van der Waals surface area (Å²) in [6, 6.07) is 9.48. The maximum atomic E-state index is 14.0. The van der Waals surface area contributed by atoms with E-state index in [2.05, 4.69) is 24.1 Å². The molecule has 5 rings (SSSR count). The fraction of sp³-hybridized carbons (Fsp3) is 0.474. The maximum absolute atomic E-state index is 14.0. The van der Waals surface area contributed by atoms with Crippen LogP contribution in [0.2, 0.25) is 0 Å². The molecule has 1 aliphatic heterocycles. The van der Waals surface area contributed by atoms with Crippen molar-refractivity contribution in [2.45, 2.75) is 99.5 Å². The Morgan fingerprint density at radius 3 is 2.17 bits per heavy atom. The number of hydrogen-bond donors (Lipinski definition) is 2. The van der Waals surface area contributed by atoms with Crippen LogP contribution in [0.3, 0.4) is 0 Å². The van der Waals surface area contributed by atoms with Gasteiger partial charge in [-0.15, -0.1) is 0 Å². The Bertz CT molecular complexity index is 1660. The minimum Gasteiger partial charge on any atom is -0.506 e. The standard InChI is InChI=1S/C38H48N4O4/c1-9-41(10-2)26-16-17-27(29(21-26)39-36(45)30-23(4)19-22(3)20-24(30)5)31-34(43)33(35(31)44)32-28(18-15-25-13-11-12-14-25)40-42(37(32)46)38(6,7)8/h16-17,19-21,25,43H,9-15,18H2,1-8H3,(H,39,45). The van der Waals surface area contributed by atoms with Crippen molar-refractivity contribution >= 4 is 40.3 Å². The van der Waals surface area contributed by atoms with E-state index in [0.717, 1.165) is 41.9 Å². The Kier molecular flexibility index (Phi) is 9.30. The summed E-state index contributed by atoms with van der Waals surface area (Å²) in [7, 11) is 0. The first kappa shape index (κ1) is 33.2. The topological polar surface area (TPSA) is 102 Å². The first-order chi connectivity index (χ1) is 21.8. The highest BCUT2D eigenvalue weighted by Crippen LogP contribution is 2.44. The molecule has 0 spiro atoms. The summed E-state index contributed by atoms with van der Waals surface area (Å²) in [6.45, 7) is 17.2. The molecule has 2 amide bonds. The molecule has 244 valence electrons. The van der Waals surface area contributed by atoms with Crippen molar-refractivity contribution in [1.82, 2.24) is 5.01 Å². The second kappa shape index (κ2) is 12.9. The second-order valence-corrected chi connectivity index (χ2v) is 14.0. The molecule has 0 unspecified atom stereocenters. The van der Waals surface area contributed by atoms with Gasteiger partial charge in [-0.05, 0) is 103 Å². The number of hydrogen-bond acceptors (Lipinski definition) is 6. The normalized spacial score (nSPS) is 18.8. The van der Waals surface area contributed by atoms with Gasteiger partial charge in [-0.25, -0.2) is 5.01 Å². The molecule has 0 atom stereocenters. The number of nitrogens with zero attached hydrogens (tertiary/aromatic N) is 3. The van der Waals surface area contributed by atoms with Gasteiger partial charge in [0.2, 0.25) is 5.78 Å². The number of rotatable bonds is 9. The van der Waals surface area contributed by atoms with Gasteiger partial charge in [0.25, 0.3) is 11.8 Å². The molecule has 46 heavy (non-hydrogen) atoms. The highest BCUT2D eigenvalue weighted by Gasteiger charge is 2.46. The van der Waals surface area contributed by atoms with Crippen LogP contribution in [0.5, 0.6) is 0 Å². The third-order valence-electron chi connectivity index (χ3n) is 9.55. The van der Waals surface area contributed by atoms with Crippen molar-refractivity contribution in [2.24, 2.45) is 11.0 Å². The molecule has 0 bridgehead atoms. The number of amides is 2. The molecule has 0 saturated heterocycles. The smallest absolute Gasteiger partial charge is 0.277 e. The quantitative estimate of drug-likeness (QED) is 0.277. The van der Waals surface area contributed by atoms with Crippen LogP contribution < -0.4 is 10.2 Å². The van der Waals surface area contributed by atoms with Crippen LogP contribution in [-0.4, -0.2) is 52.1 Å². The van der Waals surface area contributed by atoms with Crippen molar-refractivity contribution in [3.63, 3.8) is 0 Å². The summed E-state index contributed by atoms with van der Waals surface area (Å²) in [6.07, 6.45) is 6.25. The fourth-order valence-corrected chi connectivity index (χ4v) is 7.21. The van der Waals surface area contributed by atoms with E-state index in [1.54, 1.807) is 6.07 Å². The number of carbonyl (C=O) groups is 3. The van der Waals surface area contributed by atoms with E-state index in [4.69, 9.17) is 5.10 Å². The molecular formula is C38H48N4O4. The summed E-state index contributed by atoms with van der Waals surface area (Å²) in [5.41, 5.74) is 5.40. The average Bonchev–Trinajstić information content (AvgIpc) is 3.61. The summed E-state index contributed by atoms with van der Waals surface area (Å²) in [4.78, 5) is 43.7. The minimum absolute atomic E-state index is 0.0206. The van der Waals surface area contributed by atoms with Crippen LogP contribution in [0.1, 0.15) is 106 Å². The van der Waals surface area contributed by atoms with E-state index in [9.17, 15) is 19.5 Å². The van der Waals surface area contributed by atoms with Crippen molar-refractivity contribution in [3.05, 3.63) is 75.1 Å². The van der Waals surface area contributed by atoms with Crippen LogP contribution in [-0.2, 0) is 9.59 Å². The number of aryl methyl sites for hydroxylation is 3. The van der Waals surface area contributed by atoms with Gasteiger partial charge in [0.15, 0.2) is 0 Å². The predicted octanol–water partition coefficient (Wildman–Crippen LogP) is 7.83. The van der Waals surface area contributed by atoms with Crippen LogP contribution in [0.25, 0.3) is 5.57 Å². The van der Waals surface area contributed by atoms with Gasteiger partial charge in [0, 0.05) is 29.9 Å². The Hall–Kier alpha value is -4.20. The van der Waals surface area contributed by atoms with Crippen molar-refractivity contribution in [1.29, 1.82) is 0 Å². The lowest BCUT2D eigenvalue weighted by Gasteiger charge is -2.29. The number of allylic oxidation sites excluding steroid dienone is 2. The average molecular weight is 625 g/mol. The van der Waals surface area contributed by atoms with Crippen molar-refractivity contribution < 1.29 is 19.5 Å². The lowest BCUT2D eigenvalue weighted by Crippen LogP contribution is -2.40. The molecule has 2 aliphatic carbocycles. The number of benzene rings is 2. The first-order valence-electron chi connectivity index (χ1n) is 16.7. The molecule has 1 heterocycles. The summed E-state index contributed by atoms with van der Waals surface area (Å²) in [5, 5.41) is 20.8. The molecule has 0 aromatic heterocycles. The SMILES string of the molecule is CCN(CC)c1ccc(C2=C(O)C(=C3C(=O)N(C(C)(C)C)N=C3CCC3CCCC3)C2=O)c(NC(=O)c2c(C)cc(C)cc2C)c1. The van der Waals surface area contributed by atoms with E-state index in [-0.39, 0.29) is 34.3 Å². The molecule has 3 aliphatic rings. The van der Waals surface area contributed by atoms with Gasteiger partial charge in [-0.3, -0.25) is 14.4 Å².